The van der Waals surface area contributed by atoms with Gasteiger partial charge in [-0.2, -0.15) is 0 Å². The SMILES string of the molecule is CCOC(=O)c1ccc(NC(=O)C(=O)NCc2cccnc2)cc1. The third-order valence-corrected chi connectivity index (χ3v) is 3.04. The monoisotopic (exact) mass is 327 g/mol. The number of esters is 1. The van der Waals surface area contributed by atoms with E-state index in [0.717, 1.165) is 5.56 Å². The van der Waals surface area contributed by atoms with Gasteiger partial charge in [-0.25, -0.2) is 4.79 Å². The van der Waals surface area contributed by atoms with Crippen LogP contribution in [0.25, 0.3) is 0 Å². The van der Waals surface area contributed by atoms with Crippen molar-refractivity contribution in [2.75, 3.05) is 11.9 Å². The summed E-state index contributed by atoms with van der Waals surface area (Å²) in [5.74, 6) is -1.99. The molecule has 2 N–H and O–H groups in total. The van der Waals surface area contributed by atoms with Crippen LogP contribution in [-0.4, -0.2) is 29.4 Å². The number of aromatic nitrogens is 1. The van der Waals surface area contributed by atoms with Crippen LogP contribution in [0.5, 0.6) is 0 Å². The van der Waals surface area contributed by atoms with Crippen molar-refractivity contribution >= 4 is 23.5 Å². The van der Waals surface area contributed by atoms with Gasteiger partial charge in [0.2, 0.25) is 0 Å². The van der Waals surface area contributed by atoms with E-state index in [4.69, 9.17) is 4.74 Å². The minimum Gasteiger partial charge on any atom is -0.462 e. The number of anilines is 1. The van der Waals surface area contributed by atoms with Gasteiger partial charge in [0.15, 0.2) is 0 Å². The number of carbonyl (C=O) groups is 3. The molecule has 7 heteroatoms. The van der Waals surface area contributed by atoms with Gasteiger partial charge in [-0.1, -0.05) is 6.07 Å². The second kappa shape index (κ2) is 8.42. The maximum Gasteiger partial charge on any atom is 0.338 e. The van der Waals surface area contributed by atoms with Crippen molar-refractivity contribution < 1.29 is 19.1 Å². The largest absolute Gasteiger partial charge is 0.462 e. The highest BCUT2D eigenvalue weighted by atomic mass is 16.5. The lowest BCUT2D eigenvalue weighted by Crippen LogP contribution is -2.34. The van der Waals surface area contributed by atoms with Crippen LogP contribution in [0.1, 0.15) is 22.8 Å². The van der Waals surface area contributed by atoms with E-state index in [-0.39, 0.29) is 13.2 Å². The number of hydrogen-bond donors (Lipinski definition) is 2. The van der Waals surface area contributed by atoms with Crippen molar-refractivity contribution in [1.29, 1.82) is 0 Å². The Balaban J connectivity index is 1.87. The first kappa shape index (κ1) is 17.1. The van der Waals surface area contributed by atoms with Crippen LogP contribution in [0.2, 0.25) is 0 Å². The zero-order valence-corrected chi connectivity index (χ0v) is 13.1. The van der Waals surface area contributed by atoms with Gasteiger partial charge in [-0.15, -0.1) is 0 Å². The zero-order chi connectivity index (χ0) is 17.4. The van der Waals surface area contributed by atoms with Crippen LogP contribution in [0.3, 0.4) is 0 Å². The van der Waals surface area contributed by atoms with Crippen molar-refractivity contribution in [1.82, 2.24) is 10.3 Å². The summed E-state index contributed by atoms with van der Waals surface area (Å²) in [5, 5.41) is 4.96. The first-order valence-corrected chi connectivity index (χ1v) is 7.35. The molecular weight excluding hydrogens is 310 g/mol. The molecule has 0 bridgehead atoms. The molecular formula is C17H17N3O4. The standard InChI is InChI=1S/C17H17N3O4/c1-2-24-17(23)13-5-7-14(8-6-13)20-16(22)15(21)19-11-12-4-3-9-18-10-12/h3-10H,2,11H2,1H3,(H,19,21)(H,20,22). The fourth-order valence-corrected chi connectivity index (χ4v) is 1.86. The number of pyridine rings is 1. The quantitative estimate of drug-likeness (QED) is 0.641. The summed E-state index contributed by atoms with van der Waals surface area (Å²) in [6.07, 6.45) is 3.23. The summed E-state index contributed by atoms with van der Waals surface area (Å²) in [7, 11) is 0. The van der Waals surface area contributed by atoms with Gasteiger partial charge in [0.05, 0.1) is 12.2 Å². The molecule has 124 valence electrons. The summed E-state index contributed by atoms with van der Waals surface area (Å²) < 4.78 is 4.87. The Morgan fingerprint density at radius 2 is 1.83 bits per heavy atom. The second-order valence-electron chi connectivity index (χ2n) is 4.80. The average Bonchev–Trinajstić information content (AvgIpc) is 2.61. The number of amides is 2. The highest BCUT2D eigenvalue weighted by Crippen LogP contribution is 2.10. The summed E-state index contributed by atoms with van der Waals surface area (Å²) in [5.41, 5.74) is 1.57. The molecule has 0 saturated heterocycles. The highest BCUT2D eigenvalue weighted by molar-refractivity contribution is 6.39. The predicted molar refractivity (Wildman–Crippen MR) is 87.1 cm³/mol. The molecule has 2 aromatic rings. The fourth-order valence-electron chi connectivity index (χ4n) is 1.86. The smallest absolute Gasteiger partial charge is 0.338 e. The van der Waals surface area contributed by atoms with E-state index >= 15 is 0 Å². The molecule has 0 saturated carbocycles. The molecule has 0 unspecified atom stereocenters. The molecule has 2 amide bonds. The number of hydrogen-bond acceptors (Lipinski definition) is 5. The van der Waals surface area contributed by atoms with Gasteiger partial charge in [0.25, 0.3) is 0 Å². The van der Waals surface area contributed by atoms with Crippen LogP contribution >= 0.6 is 0 Å². The topological polar surface area (TPSA) is 97.4 Å². The Kier molecular flexibility index (Phi) is 6.01. The van der Waals surface area contributed by atoms with Gasteiger partial charge in [-0.05, 0) is 42.8 Å². The van der Waals surface area contributed by atoms with Crippen LogP contribution in [-0.2, 0) is 20.9 Å². The lowest BCUT2D eigenvalue weighted by Gasteiger charge is -2.07. The molecule has 0 spiro atoms. The molecule has 0 aliphatic carbocycles. The van der Waals surface area contributed by atoms with Crippen LogP contribution in [0.4, 0.5) is 5.69 Å². The normalized spacial score (nSPS) is 9.88. The Morgan fingerprint density at radius 3 is 2.46 bits per heavy atom. The van der Waals surface area contributed by atoms with Crippen molar-refractivity contribution in [3.8, 4) is 0 Å². The van der Waals surface area contributed by atoms with Crippen LogP contribution < -0.4 is 10.6 Å². The van der Waals surface area contributed by atoms with E-state index in [1.807, 2.05) is 0 Å². The molecule has 1 heterocycles. The Hall–Kier alpha value is -3.22. The molecule has 0 aliphatic heterocycles. The van der Waals surface area contributed by atoms with E-state index in [1.165, 1.54) is 24.3 Å². The maximum atomic E-state index is 11.8. The summed E-state index contributed by atoms with van der Waals surface area (Å²) in [6.45, 7) is 2.22. The molecule has 1 aromatic carbocycles. The molecule has 0 aliphatic rings. The number of carbonyl (C=O) groups excluding carboxylic acids is 3. The van der Waals surface area contributed by atoms with Crippen molar-refractivity contribution in [2.24, 2.45) is 0 Å². The third kappa shape index (κ3) is 4.91. The van der Waals surface area contributed by atoms with Gasteiger partial charge >= 0.3 is 17.8 Å². The van der Waals surface area contributed by atoms with E-state index < -0.39 is 17.8 Å². The zero-order valence-electron chi connectivity index (χ0n) is 13.1. The molecule has 1 aromatic heterocycles. The second-order valence-corrected chi connectivity index (χ2v) is 4.80. The van der Waals surface area contributed by atoms with Crippen molar-refractivity contribution in [2.45, 2.75) is 13.5 Å². The molecule has 0 radical (unpaired) electrons. The van der Waals surface area contributed by atoms with E-state index in [9.17, 15) is 14.4 Å². The highest BCUT2D eigenvalue weighted by Gasteiger charge is 2.14. The Morgan fingerprint density at radius 1 is 1.08 bits per heavy atom. The summed E-state index contributed by atoms with van der Waals surface area (Å²) in [6, 6.07) is 9.62. The first-order chi connectivity index (χ1) is 11.6. The summed E-state index contributed by atoms with van der Waals surface area (Å²) >= 11 is 0. The number of nitrogens with one attached hydrogen (secondary N) is 2. The number of rotatable bonds is 5. The van der Waals surface area contributed by atoms with E-state index in [2.05, 4.69) is 15.6 Å². The van der Waals surface area contributed by atoms with E-state index in [1.54, 1.807) is 31.5 Å². The minimum atomic E-state index is -0.789. The van der Waals surface area contributed by atoms with Crippen LogP contribution in [0, 0.1) is 0 Å². The predicted octanol–water partition coefficient (Wildman–Crippen LogP) is 1.51. The van der Waals surface area contributed by atoms with E-state index in [0.29, 0.717) is 11.3 Å². The van der Waals surface area contributed by atoms with Gasteiger partial charge < -0.3 is 15.4 Å². The van der Waals surface area contributed by atoms with Crippen molar-refractivity contribution in [3.05, 3.63) is 59.9 Å². The minimum absolute atomic E-state index is 0.210. The third-order valence-electron chi connectivity index (χ3n) is 3.04. The molecule has 0 atom stereocenters. The lowest BCUT2D eigenvalue weighted by molar-refractivity contribution is -0.136. The summed E-state index contributed by atoms with van der Waals surface area (Å²) in [4.78, 5) is 39.0. The lowest BCUT2D eigenvalue weighted by atomic mass is 10.2. The maximum absolute atomic E-state index is 11.8. The molecule has 7 nitrogen and oxygen atoms in total. The number of ether oxygens (including phenoxy) is 1. The van der Waals surface area contributed by atoms with Gasteiger partial charge in [0, 0.05) is 24.6 Å². The fraction of sp³-hybridized carbons (Fsp3) is 0.176. The Labute approximate surface area is 139 Å². The molecule has 0 fully saturated rings. The Bertz CT molecular complexity index is 714. The van der Waals surface area contributed by atoms with Gasteiger partial charge in [-0.3, -0.25) is 14.6 Å². The average molecular weight is 327 g/mol. The number of benzene rings is 1. The first-order valence-electron chi connectivity index (χ1n) is 7.35. The van der Waals surface area contributed by atoms with Gasteiger partial charge in [0.1, 0.15) is 0 Å². The van der Waals surface area contributed by atoms with Crippen LogP contribution in [0.15, 0.2) is 48.8 Å². The molecule has 24 heavy (non-hydrogen) atoms. The molecule has 2 rings (SSSR count). The number of nitrogens with zero attached hydrogens (tertiary/aromatic N) is 1. The van der Waals surface area contributed by atoms with Crippen molar-refractivity contribution in [3.63, 3.8) is 0 Å².